The van der Waals surface area contributed by atoms with Crippen LogP contribution < -0.4 is 10.1 Å². The van der Waals surface area contributed by atoms with Gasteiger partial charge in [-0.25, -0.2) is 0 Å². The molecule has 0 amide bonds. The number of hydrogen-bond donors (Lipinski definition) is 3. The van der Waals surface area contributed by atoms with Gasteiger partial charge in [0.2, 0.25) is 0 Å². The number of aliphatic hydroxyl groups excluding tert-OH is 2. The summed E-state index contributed by atoms with van der Waals surface area (Å²) in [5, 5.41) is 24.2. The fourth-order valence-electron chi connectivity index (χ4n) is 3.97. The summed E-state index contributed by atoms with van der Waals surface area (Å²) in [7, 11) is 0. The number of ether oxygens (including phenoxy) is 2. The Morgan fingerprint density at radius 3 is 2.60 bits per heavy atom. The lowest BCUT2D eigenvalue weighted by Gasteiger charge is -2.32. The molecule has 0 bridgehead atoms. The van der Waals surface area contributed by atoms with Crippen molar-refractivity contribution in [2.45, 2.75) is 31.2 Å². The second-order valence-corrected chi connectivity index (χ2v) is 7.85. The molecule has 3 aromatic rings. The fraction of sp³-hybridized carbons (Fsp3) is 0.360. The topological polar surface area (TPSA) is 71.0 Å². The molecular weight excluding hydrogens is 378 g/mol. The average Bonchev–Trinajstić information content (AvgIpc) is 2.81. The third-order valence-electron chi connectivity index (χ3n) is 5.67. The Morgan fingerprint density at radius 2 is 1.80 bits per heavy atom. The van der Waals surface area contributed by atoms with Crippen molar-refractivity contribution in [2.75, 3.05) is 26.3 Å². The van der Waals surface area contributed by atoms with E-state index in [9.17, 15) is 5.11 Å². The van der Waals surface area contributed by atoms with Gasteiger partial charge in [0.1, 0.15) is 18.5 Å². The molecule has 5 nitrogen and oxygen atoms in total. The molecule has 4 rings (SSSR count). The van der Waals surface area contributed by atoms with Gasteiger partial charge in [-0.3, -0.25) is 0 Å². The second kappa shape index (κ2) is 10.0. The number of piperidine rings is 1. The summed E-state index contributed by atoms with van der Waals surface area (Å²) >= 11 is 0. The van der Waals surface area contributed by atoms with Gasteiger partial charge < -0.3 is 25.0 Å². The molecule has 3 atom stereocenters. The van der Waals surface area contributed by atoms with Crippen molar-refractivity contribution in [1.82, 2.24) is 5.32 Å². The molecule has 3 N–H and O–H groups in total. The van der Waals surface area contributed by atoms with Crippen LogP contribution in [0.4, 0.5) is 0 Å². The van der Waals surface area contributed by atoms with Gasteiger partial charge >= 0.3 is 0 Å². The van der Waals surface area contributed by atoms with Gasteiger partial charge in [0.15, 0.2) is 0 Å². The molecule has 0 aliphatic carbocycles. The average molecular weight is 408 g/mol. The monoisotopic (exact) mass is 407 g/mol. The maximum Gasteiger partial charge on any atom is 0.119 e. The summed E-state index contributed by atoms with van der Waals surface area (Å²) in [4.78, 5) is 0. The van der Waals surface area contributed by atoms with Crippen LogP contribution in [0.15, 0.2) is 66.7 Å². The van der Waals surface area contributed by atoms with E-state index in [0.717, 1.165) is 19.5 Å². The molecule has 0 radical (unpaired) electrons. The molecule has 5 heteroatoms. The smallest absolute Gasteiger partial charge is 0.119 e. The third kappa shape index (κ3) is 5.18. The minimum absolute atomic E-state index is 0.0840. The van der Waals surface area contributed by atoms with Crippen LogP contribution in [-0.2, 0) is 11.3 Å². The SMILES string of the molecule is OCC(O)COc1ccc(C2CCNCC2OCc2ccc3ccccc3c2)cc1. The summed E-state index contributed by atoms with van der Waals surface area (Å²) < 4.78 is 11.9. The van der Waals surface area contributed by atoms with Gasteiger partial charge in [0.25, 0.3) is 0 Å². The van der Waals surface area contributed by atoms with Crippen molar-refractivity contribution in [3.05, 3.63) is 77.9 Å². The zero-order valence-electron chi connectivity index (χ0n) is 17.0. The van der Waals surface area contributed by atoms with Gasteiger partial charge in [0.05, 0.1) is 19.3 Å². The van der Waals surface area contributed by atoms with Crippen molar-refractivity contribution in [1.29, 1.82) is 0 Å². The molecule has 1 saturated heterocycles. The number of aliphatic hydroxyl groups is 2. The summed E-state index contributed by atoms with van der Waals surface area (Å²) in [6.07, 6.45) is 0.265. The minimum Gasteiger partial charge on any atom is -0.491 e. The normalized spacial score (nSPS) is 20.2. The number of hydrogen-bond acceptors (Lipinski definition) is 5. The van der Waals surface area contributed by atoms with E-state index in [1.165, 1.54) is 21.9 Å². The van der Waals surface area contributed by atoms with Crippen LogP contribution in [0.2, 0.25) is 0 Å². The molecule has 1 heterocycles. The van der Waals surface area contributed by atoms with Crippen LogP contribution >= 0.6 is 0 Å². The van der Waals surface area contributed by atoms with E-state index in [1.807, 2.05) is 12.1 Å². The largest absolute Gasteiger partial charge is 0.491 e. The summed E-state index contributed by atoms with van der Waals surface area (Å²) in [5.74, 6) is 1.01. The lowest BCUT2D eigenvalue weighted by atomic mass is 9.87. The van der Waals surface area contributed by atoms with Crippen molar-refractivity contribution in [3.8, 4) is 5.75 Å². The number of benzene rings is 3. The van der Waals surface area contributed by atoms with Gasteiger partial charge in [-0.05, 0) is 53.1 Å². The predicted molar refractivity (Wildman–Crippen MR) is 118 cm³/mol. The second-order valence-electron chi connectivity index (χ2n) is 7.85. The van der Waals surface area contributed by atoms with Crippen LogP contribution in [0, 0.1) is 0 Å². The van der Waals surface area contributed by atoms with E-state index >= 15 is 0 Å². The summed E-state index contributed by atoms with van der Waals surface area (Å²) in [6.45, 7) is 2.18. The first-order chi connectivity index (χ1) is 14.7. The van der Waals surface area contributed by atoms with E-state index in [4.69, 9.17) is 14.6 Å². The van der Waals surface area contributed by atoms with Gasteiger partial charge in [-0.15, -0.1) is 0 Å². The summed E-state index contributed by atoms with van der Waals surface area (Å²) in [6, 6.07) is 22.8. The Kier molecular flexibility index (Phi) is 6.97. The highest BCUT2D eigenvalue weighted by atomic mass is 16.5. The Labute approximate surface area is 177 Å². The first kappa shape index (κ1) is 20.8. The van der Waals surface area contributed by atoms with Crippen LogP contribution in [0.25, 0.3) is 10.8 Å². The van der Waals surface area contributed by atoms with E-state index in [0.29, 0.717) is 18.3 Å². The molecule has 3 unspecified atom stereocenters. The Hall–Kier alpha value is -2.44. The standard InChI is InChI=1S/C25H29NO4/c27-15-22(28)17-29-23-9-7-20(8-10-23)24-11-12-26-14-25(24)30-16-18-5-6-19-3-1-2-4-21(19)13-18/h1-10,13,22,24-28H,11-12,14-17H2. The van der Waals surface area contributed by atoms with Gasteiger partial charge in [-0.1, -0.05) is 48.5 Å². The van der Waals surface area contributed by atoms with E-state index in [1.54, 1.807) is 0 Å². The highest BCUT2D eigenvalue weighted by Crippen LogP contribution is 2.30. The summed E-state index contributed by atoms with van der Waals surface area (Å²) in [5.41, 5.74) is 2.42. The molecule has 158 valence electrons. The van der Waals surface area contributed by atoms with E-state index in [2.05, 4.69) is 59.9 Å². The molecular formula is C25H29NO4. The molecule has 0 saturated carbocycles. The first-order valence-corrected chi connectivity index (χ1v) is 10.5. The minimum atomic E-state index is -0.859. The Balaban J connectivity index is 1.39. The van der Waals surface area contributed by atoms with Gasteiger partial charge in [-0.2, -0.15) is 0 Å². The van der Waals surface area contributed by atoms with Crippen LogP contribution in [-0.4, -0.2) is 48.7 Å². The molecule has 30 heavy (non-hydrogen) atoms. The van der Waals surface area contributed by atoms with Crippen LogP contribution in [0.3, 0.4) is 0 Å². The molecule has 0 aromatic heterocycles. The third-order valence-corrected chi connectivity index (χ3v) is 5.67. The van der Waals surface area contributed by atoms with Crippen molar-refractivity contribution < 1.29 is 19.7 Å². The highest BCUT2D eigenvalue weighted by molar-refractivity contribution is 5.82. The van der Waals surface area contributed by atoms with Crippen molar-refractivity contribution in [3.63, 3.8) is 0 Å². The van der Waals surface area contributed by atoms with E-state index < -0.39 is 6.10 Å². The lowest BCUT2D eigenvalue weighted by molar-refractivity contribution is 0.0106. The molecule has 3 aromatic carbocycles. The molecule has 1 fully saturated rings. The lowest BCUT2D eigenvalue weighted by Crippen LogP contribution is -2.40. The van der Waals surface area contributed by atoms with Crippen LogP contribution in [0.1, 0.15) is 23.5 Å². The van der Waals surface area contributed by atoms with Crippen molar-refractivity contribution >= 4 is 10.8 Å². The zero-order chi connectivity index (χ0) is 20.8. The quantitative estimate of drug-likeness (QED) is 0.535. The number of rotatable bonds is 8. The first-order valence-electron chi connectivity index (χ1n) is 10.5. The molecule has 1 aliphatic rings. The maximum atomic E-state index is 9.43. The fourth-order valence-corrected chi connectivity index (χ4v) is 3.97. The zero-order valence-corrected chi connectivity index (χ0v) is 17.0. The number of nitrogens with one attached hydrogen (secondary N) is 1. The molecule has 0 spiro atoms. The maximum absolute atomic E-state index is 9.43. The van der Waals surface area contributed by atoms with E-state index in [-0.39, 0.29) is 19.3 Å². The van der Waals surface area contributed by atoms with Crippen molar-refractivity contribution in [2.24, 2.45) is 0 Å². The Bertz CT molecular complexity index is 943. The predicted octanol–water partition coefficient (Wildman–Crippen LogP) is 3.23. The van der Waals surface area contributed by atoms with Gasteiger partial charge in [0, 0.05) is 12.5 Å². The molecule has 1 aliphatic heterocycles. The van der Waals surface area contributed by atoms with Crippen LogP contribution in [0.5, 0.6) is 5.75 Å². The Morgan fingerprint density at radius 1 is 1.00 bits per heavy atom. The highest BCUT2D eigenvalue weighted by Gasteiger charge is 2.27. The number of fused-ring (bicyclic) bond motifs is 1.